The van der Waals surface area contributed by atoms with E-state index in [1.54, 1.807) is 12.1 Å². The minimum absolute atomic E-state index is 0.0555. The molecule has 204 valence electrons. The molecule has 3 fully saturated rings. The Balaban J connectivity index is 1.28. The summed E-state index contributed by atoms with van der Waals surface area (Å²) in [6, 6.07) is 11.6. The maximum absolute atomic E-state index is 13.4. The number of aromatic hydroxyl groups is 1. The van der Waals surface area contributed by atoms with Gasteiger partial charge in [0.1, 0.15) is 11.9 Å². The van der Waals surface area contributed by atoms with E-state index in [9.17, 15) is 14.7 Å². The number of carbonyl (C=O) groups excluding carboxylic acids is 2. The first-order valence-corrected chi connectivity index (χ1v) is 14.3. The van der Waals surface area contributed by atoms with Gasteiger partial charge in [-0.3, -0.25) is 14.5 Å². The first-order chi connectivity index (χ1) is 18.9. The Bertz CT molecular complexity index is 1350. The number of phenolic OH excluding ortho intramolecular Hbond substituents is 1. The smallest absolute Gasteiger partial charge is 0.308 e. The fourth-order valence-electron chi connectivity index (χ4n) is 8.15. The molecule has 2 heterocycles. The van der Waals surface area contributed by atoms with Crippen molar-refractivity contribution in [2.75, 3.05) is 20.1 Å². The molecule has 1 saturated heterocycles. The van der Waals surface area contributed by atoms with E-state index in [-0.39, 0.29) is 35.0 Å². The van der Waals surface area contributed by atoms with Gasteiger partial charge in [-0.1, -0.05) is 30.3 Å². The average Bonchev–Trinajstić information content (AvgIpc) is 3.68. The van der Waals surface area contributed by atoms with Gasteiger partial charge in [0.25, 0.3) is 0 Å². The second-order valence-electron chi connectivity index (χ2n) is 12.2. The number of benzene rings is 2. The number of esters is 1. The first-order valence-electron chi connectivity index (χ1n) is 14.3. The lowest BCUT2D eigenvalue weighted by Crippen LogP contribution is -2.69. The topological polar surface area (TPSA) is 79.3 Å². The number of amides is 1. The maximum atomic E-state index is 13.4. The first kappa shape index (κ1) is 24.7. The predicted molar refractivity (Wildman–Crippen MR) is 147 cm³/mol. The monoisotopic (exact) mass is 528 g/mol. The van der Waals surface area contributed by atoms with Crippen LogP contribution >= 0.6 is 0 Å². The second-order valence-corrected chi connectivity index (χ2v) is 12.2. The molecular formula is C32H36N2O5. The standard InChI is InChI=1S/C32H36N2O5/c1-19(35)38-27-17-26(36)22-16-25-23-11-12-24(33(2)28(37)13-10-20-6-4-3-5-7-20)31-32(23,29(22)30(27)39-31)14-15-34(25)18-21-8-9-21/h3-7,10,13,17,21,23-25,31,36H,8-9,11-12,14-16,18H2,1-2H3/t23-,24-,25+,31-,32-/m0/s1. The van der Waals surface area contributed by atoms with Gasteiger partial charge in [0, 0.05) is 55.2 Å². The van der Waals surface area contributed by atoms with Crippen LogP contribution in [0.1, 0.15) is 55.7 Å². The molecule has 2 saturated carbocycles. The number of likely N-dealkylation sites (N-methyl/N-ethyl adjacent to an activating group) is 1. The Labute approximate surface area is 229 Å². The van der Waals surface area contributed by atoms with E-state index < -0.39 is 5.97 Å². The summed E-state index contributed by atoms with van der Waals surface area (Å²) >= 11 is 0. The number of likely N-dealkylation sites (tertiary alicyclic amines) is 1. The van der Waals surface area contributed by atoms with Crippen LogP contribution in [-0.2, 0) is 21.4 Å². The summed E-state index contributed by atoms with van der Waals surface area (Å²) in [5.74, 6) is 1.73. The average molecular weight is 529 g/mol. The Morgan fingerprint density at radius 2 is 2.00 bits per heavy atom. The normalized spacial score (nSPS) is 30.5. The van der Waals surface area contributed by atoms with Crippen molar-refractivity contribution in [2.24, 2.45) is 11.8 Å². The number of nitrogens with zero attached hydrogens (tertiary/aromatic N) is 2. The minimum atomic E-state index is -0.444. The molecule has 2 bridgehead atoms. The zero-order valence-corrected chi connectivity index (χ0v) is 22.6. The van der Waals surface area contributed by atoms with Gasteiger partial charge in [0.15, 0.2) is 11.5 Å². The Morgan fingerprint density at radius 1 is 1.21 bits per heavy atom. The summed E-state index contributed by atoms with van der Waals surface area (Å²) in [7, 11) is 1.87. The van der Waals surface area contributed by atoms with Crippen LogP contribution in [0.4, 0.5) is 0 Å². The van der Waals surface area contributed by atoms with E-state index in [1.165, 1.54) is 19.8 Å². The minimum Gasteiger partial charge on any atom is -0.508 e. The van der Waals surface area contributed by atoms with Gasteiger partial charge < -0.3 is 19.5 Å². The second kappa shape index (κ2) is 9.12. The number of hydrogen-bond donors (Lipinski definition) is 1. The van der Waals surface area contributed by atoms with Gasteiger partial charge in [0.2, 0.25) is 5.91 Å². The van der Waals surface area contributed by atoms with E-state index >= 15 is 0 Å². The van der Waals surface area contributed by atoms with E-state index in [4.69, 9.17) is 9.47 Å². The zero-order valence-electron chi connectivity index (χ0n) is 22.6. The largest absolute Gasteiger partial charge is 0.508 e. The maximum Gasteiger partial charge on any atom is 0.308 e. The lowest BCUT2D eigenvalue weighted by atomic mass is 9.50. The molecule has 1 amide bonds. The third-order valence-corrected chi connectivity index (χ3v) is 10.00. The fourth-order valence-corrected chi connectivity index (χ4v) is 8.15. The number of ether oxygens (including phenoxy) is 2. The molecule has 7 nitrogen and oxygen atoms in total. The molecule has 3 aliphatic carbocycles. The third-order valence-electron chi connectivity index (χ3n) is 10.00. The van der Waals surface area contributed by atoms with Crippen molar-refractivity contribution in [1.29, 1.82) is 0 Å². The highest BCUT2D eigenvalue weighted by molar-refractivity contribution is 5.92. The molecule has 5 aliphatic rings. The molecule has 2 aromatic rings. The van der Waals surface area contributed by atoms with Crippen molar-refractivity contribution in [3.8, 4) is 17.2 Å². The number of piperidine rings is 1. The van der Waals surface area contributed by atoms with Gasteiger partial charge in [-0.05, 0) is 68.5 Å². The van der Waals surface area contributed by atoms with Crippen LogP contribution in [0.2, 0.25) is 0 Å². The summed E-state index contributed by atoms with van der Waals surface area (Å²) < 4.78 is 12.4. The van der Waals surface area contributed by atoms with Crippen molar-refractivity contribution in [1.82, 2.24) is 9.80 Å². The van der Waals surface area contributed by atoms with Crippen molar-refractivity contribution >= 4 is 18.0 Å². The summed E-state index contributed by atoms with van der Waals surface area (Å²) in [5.41, 5.74) is 2.63. The van der Waals surface area contributed by atoms with Gasteiger partial charge in [-0.2, -0.15) is 0 Å². The molecule has 0 unspecified atom stereocenters. The highest BCUT2D eigenvalue weighted by Crippen LogP contribution is 2.65. The highest BCUT2D eigenvalue weighted by atomic mass is 16.6. The fraction of sp³-hybridized carbons (Fsp3) is 0.500. The van der Waals surface area contributed by atoms with Crippen molar-refractivity contribution in [3.63, 3.8) is 0 Å². The SMILES string of the molecule is CC(=O)Oc1cc(O)c2c3c1O[C@H]1[C@@H](N(C)C(=O)C=Cc4ccccc4)CC[C@H]4[C@@H](C2)N(CC2CC2)CC[C@@]341. The van der Waals surface area contributed by atoms with Gasteiger partial charge in [0.05, 0.1) is 6.04 Å². The summed E-state index contributed by atoms with van der Waals surface area (Å²) in [6.45, 7) is 3.48. The molecule has 5 atom stereocenters. The lowest BCUT2D eigenvalue weighted by molar-refractivity contribution is -0.135. The summed E-state index contributed by atoms with van der Waals surface area (Å²) in [4.78, 5) is 29.9. The quantitative estimate of drug-likeness (QED) is 0.342. The molecule has 1 N–H and O–H groups in total. The predicted octanol–water partition coefficient (Wildman–Crippen LogP) is 4.31. The Hall–Kier alpha value is -3.32. The van der Waals surface area contributed by atoms with Crippen LogP contribution in [0.15, 0.2) is 42.5 Å². The van der Waals surface area contributed by atoms with Crippen LogP contribution in [0, 0.1) is 11.8 Å². The van der Waals surface area contributed by atoms with Gasteiger partial charge in [-0.25, -0.2) is 0 Å². The van der Waals surface area contributed by atoms with Gasteiger partial charge in [-0.15, -0.1) is 0 Å². The van der Waals surface area contributed by atoms with Crippen LogP contribution in [0.3, 0.4) is 0 Å². The van der Waals surface area contributed by atoms with Crippen molar-refractivity contribution in [2.45, 2.75) is 69.1 Å². The molecule has 0 aromatic heterocycles. The van der Waals surface area contributed by atoms with E-state index in [2.05, 4.69) is 4.90 Å². The van der Waals surface area contributed by atoms with Crippen molar-refractivity contribution in [3.05, 3.63) is 59.2 Å². The van der Waals surface area contributed by atoms with E-state index in [0.29, 0.717) is 17.7 Å². The molecule has 0 radical (unpaired) electrons. The molecule has 2 aromatic carbocycles. The van der Waals surface area contributed by atoms with Crippen LogP contribution in [-0.4, -0.2) is 65.1 Å². The van der Waals surface area contributed by atoms with E-state index in [1.807, 2.05) is 48.4 Å². The third kappa shape index (κ3) is 3.88. The molecule has 7 heteroatoms. The Morgan fingerprint density at radius 3 is 2.74 bits per heavy atom. The molecule has 7 rings (SSSR count). The van der Waals surface area contributed by atoms with Crippen LogP contribution < -0.4 is 9.47 Å². The summed E-state index contributed by atoms with van der Waals surface area (Å²) in [6.07, 6.45) is 9.40. The zero-order chi connectivity index (χ0) is 26.9. The number of carbonyl (C=O) groups is 2. The number of hydrogen-bond acceptors (Lipinski definition) is 6. The lowest BCUT2D eigenvalue weighted by Gasteiger charge is -2.60. The summed E-state index contributed by atoms with van der Waals surface area (Å²) in [5, 5.41) is 11.2. The number of rotatable bonds is 6. The van der Waals surface area contributed by atoms with E-state index in [0.717, 1.165) is 61.4 Å². The van der Waals surface area contributed by atoms with Gasteiger partial charge >= 0.3 is 5.97 Å². The van der Waals surface area contributed by atoms with Crippen molar-refractivity contribution < 1.29 is 24.2 Å². The van der Waals surface area contributed by atoms with Crippen LogP contribution in [0.5, 0.6) is 17.2 Å². The Kier molecular flexibility index (Phi) is 5.78. The molecular weight excluding hydrogens is 492 g/mol. The highest BCUT2D eigenvalue weighted by Gasteiger charge is 2.67. The molecule has 39 heavy (non-hydrogen) atoms. The number of phenols is 1. The molecule has 1 spiro atoms. The molecule has 2 aliphatic heterocycles. The van der Waals surface area contributed by atoms with Crippen LogP contribution in [0.25, 0.3) is 6.08 Å².